The van der Waals surface area contributed by atoms with Crippen LogP contribution in [0.4, 0.5) is 0 Å². The van der Waals surface area contributed by atoms with Gasteiger partial charge in [-0.15, -0.1) is 0 Å². The van der Waals surface area contributed by atoms with E-state index in [1.165, 1.54) is 0 Å². The normalized spacial score (nSPS) is 11.5. The predicted molar refractivity (Wildman–Crippen MR) is 87.8 cm³/mol. The maximum absolute atomic E-state index is 12.1. The van der Waals surface area contributed by atoms with E-state index in [1.807, 2.05) is 0 Å². The number of hydrogen-bond donors (Lipinski definition) is 2. The molecule has 3 N–H and O–H groups in total. The maximum Gasteiger partial charge on any atom is 0.240 e. The minimum absolute atomic E-state index is 0.256. The number of unbranched alkanes of at least 4 members (excludes halogenated alkanes) is 2. The quantitative estimate of drug-likeness (QED) is 0.503. The SMILES string of the molecule is COCCCCCNS(=O)(=O)c1ccc(CC(N)=S)cc1. The molecule has 7 heteroatoms. The van der Waals surface area contributed by atoms with Gasteiger partial charge in [-0.3, -0.25) is 0 Å². The first-order valence-electron chi connectivity index (χ1n) is 6.81. The number of hydrogen-bond acceptors (Lipinski definition) is 4. The van der Waals surface area contributed by atoms with E-state index in [1.54, 1.807) is 31.4 Å². The Labute approximate surface area is 131 Å². The summed E-state index contributed by atoms with van der Waals surface area (Å²) in [4.78, 5) is 0.644. The van der Waals surface area contributed by atoms with Gasteiger partial charge in [0.2, 0.25) is 10.0 Å². The van der Waals surface area contributed by atoms with Crippen molar-refractivity contribution < 1.29 is 13.2 Å². The lowest BCUT2D eigenvalue weighted by atomic mass is 10.1. The molecule has 0 heterocycles. The standard InChI is InChI=1S/C14H22N2O3S2/c1-19-10-4-2-3-9-16-21(17,18)13-7-5-12(6-8-13)11-14(15)20/h5-8,16H,2-4,9-11H2,1H3,(H2,15,20). The number of benzene rings is 1. The molecule has 21 heavy (non-hydrogen) atoms. The van der Waals surface area contributed by atoms with Gasteiger partial charge in [0.1, 0.15) is 0 Å². The van der Waals surface area contributed by atoms with Gasteiger partial charge in [0.15, 0.2) is 0 Å². The molecule has 0 saturated heterocycles. The molecule has 0 fully saturated rings. The molecule has 0 aliphatic heterocycles. The van der Waals surface area contributed by atoms with E-state index in [4.69, 9.17) is 22.7 Å². The zero-order chi connectivity index (χ0) is 15.7. The summed E-state index contributed by atoms with van der Waals surface area (Å²) in [6.45, 7) is 1.14. The highest BCUT2D eigenvalue weighted by Crippen LogP contribution is 2.11. The van der Waals surface area contributed by atoms with Crippen molar-refractivity contribution >= 4 is 27.2 Å². The fraction of sp³-hybridized carbons (Fsp3) is 0.500. The summed E-state index contributed by atoms with van der Waals surface area (Å²) in [5.74, 6) is 0. The lowest BCUT2D eigenvalue weighted by molar-refractivity contribution is 0.192. The number of sulfonamides is 1. The Bertz CT molecular complexity index is 542. The molecule has 0 spiro atoms. The molecule has 0 atom stereocenters. The molecule has 1 aromatic rings. The van der Waals surface area contributed by atoms with Crippen LogP contribution in [0.3, 0.4) is 0 Å². The number of ether oxygens (including phenoxy) is 1. The van der Waals surface area contributed by atoms with Crippen molar-refractivity contribution in [3.63, 3.8) is 0 Å². The molecule has 118 valence electrons. The van der Waals surface area contributed by atoms with Crippen LogP contribution in [0.15, 0.2) is 29.2 Å². The van der Waals surface area contributed by atoms with Crippen LogP contribution in [0, 0.1) is 0 Å². The maximum atomic E-state index is 12.1. The van der Waals surface area contributed by atoms with Gasteiger partial charge >= 0.3 is 0 Å². The first-order valence-corrected chi connectivity index (χ1v) is 8.70. The van der Waals surface area contributed by atoms with Crippen molar-refractivity contribution in [3.05, 3.63) is 29.8 Å². The zero-order valence-electron chi connectivity index (χ0n) is 12.2. The Kier molecular flexibility index (Phi) is 7.81. The summed E-state index contributed by atoms with van der Waals surface area (Å²) < 4.78 is 31.7. The fourth-order valence-electron chi connectivity index (χ4n) is 1.83. The summed E-state index contributed by atoms with van der Waals surface area (Å²) in [6.07, 6.45) is 3.14. The molecule has 0 aliphatic carbocycles. The number of thiocarbonyl (C=S) groups is 1. The van der Waals surface area contributed by atoms with Crippen LogP contribution in [0.5, 0.6) is 0 Å². The van der Waals surface area contributed by atoms with Crippen LogP contribution in [0.2, 0.25) is 0 Å². The summed E-state index contributed by atoms with van der Waals surface area (Å²) >= 11 is 4.82. The third-order valence-corrected chi connectivity index (χ3v) is 4.55. The second-order valence-corrected chi connectivity index (χ2v) is 7.03. The summed E-state index contributed by atoms with van der Waals surface area (Å²) in [7, 11) is -1.79. The summed E-state index contributed by atoms with van der Waals surface area (Å²) in [6, 6.07) is 6.60. The third-order valence-electron chi connectivity index (χ3n) is 2.93. The molecule has 0 aliphatic rings. The van der Waals surface area contributed by atoms with Crippen LogP contribution in [-0.2, 0) is 21.2 Å². The average molecular weight is 330 g/mol. The third kappa shape index (κ3) is 6.99. The highest BCUT2D eigenvalue weighted by Gasteiger charge is 2.12. The average Bonchev–Trinajstić information content (AvgIpc) is 2.42. The van der Waals surface area contributed by atoms with Crippen molar-refractivity contribution in [2.75, 3.05) is 20.3 Å². The van der Waals surface area contributed by atoms with Crippen molar-refractivity contribution in [3.8, 4) is 0 Å². The van der Waals surface area contributed by atoms with E-state index >= 15 is 0 Å². The van der Waals surface area contributed by atoms with Gasteiger partial charge in [-0.1, -0.05) is 24.4 Å². The van der Waals surface area contributed by atoms with E-state index in [-0.39, 0.29) is 4.90 Å². The Hall–Kier alpha value is -1.02. The summed E-state index contributed by atoms with van der Waals surface area (Å²) in [5.41, 5.74) is 6.36. The Morgan fingerprint density at radius 2 is 1.90 bits per heavy atom. The fourth-order valence-corrected chi connectivity index (χ4v) is 3.07. The molecule has 0 radical (unpaired) electrons. The van der Waals surface area contributed by atoms with Gasteiger partial charge in [-0.05, 0) is 37.0 Å². The smallest absolute Gasteiger partial charge is 0.240 e. The van der Waals surface area contributed by atoms with Gasteiger partial charge in [-0.2, -0.15) is 0 Å². The van der Waals surface area contributed by atoms with Crippen LogP contribution >= 0.6 is 12.2 Å². The minimum Gasteiger partial charge on any atom is -0.393 e. The highest BCUT2D eigenvalue weighted by molar-refractivity contribution is 7.89. The van der Waals surface area contributed by atoms with Crippen LogP contribution in [0.1, 0.15) is 24.8 Å². The van der Waals surface area contributed by atoms with Crippen molar-refractivity contribution in [2.45, 2.75) is 30.6 Å². The lowest BCUT2D eigenvalue weighted by Crippen LogP contribution is -2.24. The van der Waals surface area contributed by atoms with Crippen molar-refractivity contribution in [1.82, 2.24) is 4.72 Å². The molecule has 1 rings (SSSR count). The lowest BCUT2D eigenvalue weighted by Gasteiger charge is -2.07. The van der Waals surface area contributed by atoms with E-state index in [9.17, 15) is 8.42 Å². The Morgan fingerprint density at radius 3 is 2.48 bits per heavy atom. The molecular weight excluding hydrogens is 308 g/mol. The predicted octanol–water partition coefficient (Wildman–Crippen LogP) is 1.61. The molecule has 0 amide bonds. The van der Waals surface area contributed by atoms with Crippen molar-refractivity contribution in [2.24, 2.45) is 5.73 Å². The van der Waals surface area contributed by atoms with E-state index < -0.39 is 10.0 Å². The Morgan fingerprint density at radius 1 is 1.24 bits per heavy atom. The van der Waals surface area contributed by atoms with Gasteiger partial charge in [0, 0.05) is 26.7 Å². The van der Waals surface area contributed by atoms with Gasteiger partial charge in [-0.25, -0.2) is 13.1 Å². The van der Waals surface area contributed by atoms with Crippen LogP contribution in [0.25, 0.3) is 0 Å². The molecule has 0 aromatic heterocycles. The molecular formula is C14H22N2O3S2. The van der Waals surface area contributed by atoms with Crippen LogP contribution < -0.4 is 10.5 Å². The molecule has 0 saturated carbocycles. The summed E-state index contributed by atoms with van der Waals surface area (Å²) in [5, 5.41) is 0. The monoisotopic (exact) mass is 330 g/mol. The molecule has 5 nitrogen and oxygen atoms in total. The number of nitrogens with two attached hydrogens (primary N) is 1. The first-order chi connectivity index (χ1) is 9.95. The van der Waals surface area contributed by atoms with Gasteiger partial charge in [0.25, 0.3) is 0 Å². The topological polar surface area (TPSA) is 81.4 Å². The Balaban J connectivity index is 2.48. The van der Waals surface area contributed by atoms with E-state index in [2.05, 4.69) is 4.72 Å². The van der Waals surface area contributed by atoms with E-state index in [0.717, 1.165) is 24.8 Å². The van der Waals surface area contributed by atoms with Crippen molar-refractivity contribution in [1.29, 1.82) is 0 Å². The first kappa shape index (κ1) is 18.0. The largest absolute Gasteiger partial charge is 0.393 e. The molecule has 1 aromatic carbocycles. The number of methoxy groups -OCH3 is 1. The highest BCUT2D eigenvalue weighted by atomic mass is 32.2. The van der Waals surface area contributed by atoms with Gasteiger partial charge in [0.05, 0.1) is 9.88 Å². The number of rotatable bonds is 10. The zero-order valence-corrected chi connectivity index (χ0v) is 13.8. The second kappa shape index (κ2) is 9.09. The van der Waals surface area contributed by atoms with Gasteiger partial charge < -0.3 is 10.5 Å². The number of nitrogens with one attached hydrogen (secondary N) is 1. The van der Waals surface area contributed by atoms with E-state index in [0.29, 0.717) is 24.6 Å². The van der Waals surface area contributed by atoms with Crippen LogP contribution in [-0.4, -0.2) is 33.7 Å². The second-order valence-electron chi connectivity index (χ2n) is 4.74. The minimum atomic E-state index is -3.44. The molecule has 0 unspecified atom stereocenters. The molecule has 0 bridgehead atoms.